The predicted octanol–water partition coefficient (Wildman–Crippen LogP) is 6.48. The molecule has 0 aromatic carbocycles. The van der Waals surface area contributed by atoms with E-state index in [1.807, 2.05) is 0 Å². The number of unbranched alkanes of at least 4 members (excludes halogenated alkanes) is 3. The summed E-state index contributed by atoms with van der Waals surface area (Å²) in [7, 11) is 0.431. The van der Waals surface area contributed by atoms with Gasteiger partial charge in [0.2, 0.25) is 0 Å². The molecule has 4 heteroatoms. The average molecular weight is 465 g/mol. The summed E-state index contributed by atoms with van der Waals surface area (Å²) in [5.41, 5.74) is 0. The molecular weight excluding hydrogens is 419 g/mol. The fraction of sp³-hybridized carbons (Fsp3) is 1.00. The van der Waals surface area contributed by atoms with Crippen molar-refractivity contribution in [3.63, 3.8) is 0 Å². The van der Waals surface area contributed by atoms with Crippen LogP contribution in [0.4, 0.5) is 0 Å². The monoisotopic (exact) mass is 466 g/mol. The third kappa shape index (κ3) is 9.04. The Morgan fingerprint density at radius 2 is 1.29 bits per heavy atom. The number of methoxy groups -OCH3 is 1. The summed E-state index contributed by atoms with van der Waals surface area (Å²) in [5.74, 6) is 0. The van der Waals surface area contributed by atoms with Crippen LogP contribution < -0.4 is 0 Å². The van der Waals surface area contributed by atoms with E-state index in [4.69, 9.17) is 4.74 Å². The molecule has 2 atom stereocenters. The molecule has 2 nitrogen and oxygen atoms in total. The Balaban J connectivity index is 5.61. The van der Waals surface area contributed by atoms with Crippen molar-refractivity contribution in [2.45, 2.75) is 108 Å². The summed E-state index contributed by atoms with van der Waals surface area (Å²) in [6, 6.07) is 0. The summed E-state index contributed by atoms with van der Waals surface area (Å²) in [6.45, 7) is 15.2. The van der Waals surface area contributed by atoms with E-state index in [-0.39, 0.29) is 6.10 Å². The molecule has 0 spiro atoms. The molecule has 0 aliphatic carbocycles. The van der Waals surface area contributed by atoms with E-state index in [0.717, 1.165) is 9.98 Å². The van der Waals surface area contributed by atoms with E-state index in [0.29, 0.717) is 6.61 Å². The molecule has 0 aliphatic rings. The molecular formula is C20H46O2SiSn. The molecule has 1 N–H and O–H groups in total. The number of hydrogen-bond donors (Lipinski definition) is 1. The second-order valence-electron chi connectivity index (χ2n) is 8.94. The summed E-state index contributed by atoms with van der Waals surface area (Å²) in [5, 5.41) is 10.6. The normalized spacial score (nSPS) is 15.5. The molecule has 0 aromatic heterocycles. The fourth-order valence-corrected chi connectivity index (χ4v) is 42.4. The first-order valence-electron chi connectivity index (χ1n) is 10.4. The zero-order chi connectivity index (χ0) is 18.6. The molecule has 0 rings (SSSR count). The molecule has 24 heavy (non-hydrogen) atoms. The summed E-state index contributed by atoms with van der Waals surface area (Å²) in [6.07, 6.45) is 9.02. The number of hydrogen-bond acceptors (Lipinski definition) is 2. The molecule has 0 unspecified atom stereocenters. The van der Waals surface area contributed by atoms with Crippen molar-refractivity contribution in [3.05, 3.63) is 0 Å². The molecule has 0 bridgehead atoms. The SMILES string of the molecule is CCC[CH2][Sn]([CH2]CCC)([CH2]CCC)[C@H](C[C@@H](O)COC)[Si](C)(C)C. The topological polar surface area (TPSA) is 29.5 Å². The zero-order valence-electron chi connectivity index (χ0n) is 17.8. The van der Waals surface area contributed by atoms with Gasteiger partial charge in [0.25, 0.3) is 0 Å². The van der Waals surface area contributed by atoms with Crippen LogP contribution in [0.1, 0.15) is 65.7 Å². The van der Waals surface area contributed by atoms with Crippen LogP contribution in [0, 0.1) is 0 Å². The van der Waals surface area contributed by atoms with Crippen LogP contribution in [0.25, 0.3) is 0 Å². The van der Waals surface area contributed by atoms with Gasteiger partial charge in [-0.1, -0.05) is 0 Å². The van der Waals surface area contributed by atoms with Crippen LogP contribution in [-0.4, -0.2) is 51.4 Å². The van der Waals surface area contributed by atoms with Crippen LogP contribution in [0.3, 0.4) is 0 Å². The summed E-state index contributed by atoms with van der Waals surface area (Å²) < 4.78 is 10.8. The Bertz CT molecular complexity index is 283. The van der Waals surface area contributed by atoms with Gasteiger partial charge in [-0.2, -0.15) is 0 Å². The first-order chi connectivity index (χ1) is 11.3. The van der Waals surface area contributed by atoms with E-state index < -0.39 is 26.5 Å². The zero-order valence-corrected chi connectivity index (χ0v) is 21.6. The van der Waals surface area contributed by atoms with E-state index in [1.165, 1.54) is 38.5 Å². The van der Waals surface area contributed by atoms with Crippen LogP contribution in [0.5, 0.6) is 0 Å². The van der Waals surface area contributed by atoms with Gasteiger partial charge in [-0.15, -0.1) is 0 Å². The average Bonchev–Trinajstić information content (AvgIpc) is 2.52. The Labute approximate surface area is 158 Å². The van der Waals surface area contributed by atoms with Crippen molar-refractivity contribution in [1.29, 1.82) is 0 Å². The number of rotatable bonds is 15. The van der Waals surface area contributed by atoms with Crippen LogP contribution in [-0.2, 0) is 4.74 Å². The van der Waals surface area contributed by atoms with Gasteiger partial charge in [0.15, 0.2) is 0 Å². The van der Waals surface area contributed by atoms with Crippen molar-refractivity contribution >= 4 is 26.5 Å². The van der Waals surface area contributed by atoms with Crippen LogP contribution in [0.2, 0.25) is 36.5 Å². The van der Waals surface area contributed by atoms with Gasteiger partial charge >= 0.3 is 158 Å². The van der Waals surface area contributed by atoms with E-state index in [9.17, 15) is 5.11 Å². The van der Waals surface area contributed by atoms with Gasteiger partial charge in [0.1, 0.15) is 0 Å². The molecule has 0 saturated carbocycles. The molecule has 0 aromatic rings. The van der Waals surface area contributed by atoms with Crippen LogP contribution in [0.15, 0.2) is 0 Å². The molecule has 0 saturated heterocycles. The van der Waals surface area contributed by atoms with Gasteiger partial charge < -0.3 is 0 Å². The second-order valence-corrected chi connectivity index (χ2v) is 30.1. The Morgan fingerprint density at radius 1 is 0.875 bits per heavy atom. The van der Waals surface area contributed by atoms with Gasteiger partial charge in [-0.25, -0.2) is 0 Å². The van der Waals surface area contributed by atoms with Gasteiger partial charge in [0, 0.05) is 0 Å². The van der Waals surface area contributed by atoms with Crippen LogP contribution >= 0.6 is 0 Å². The minimum absolute atomic E-state index is 0.257. The quantitative estimate of drug-likeness (QED) is 0.281. The molecule has 146 valence electrons. The van der Waals surface area contributed by atoms with E-state index >= 15 is 0 Å². The Hall–Kier alpha value is 0.936. The Morgan fingerprint density at radius 3 is 1.58 bits per heavy atom. The summed E-state index contributed by atoms with van der Waals surface area (Å²) >= 11 is -2.29. The van der Waals surface area contributed by atoms with Crippen molar-refractivity contribution < 1.29 is 9.84 Å². The standard InChI is InChI=1S/C8H19O2Si.3C4H9.Sn/c1-10-7-8(9)5-6-11(2,3)4;3*1-3-4-2;/h6,8-9H,5,7H2,1-4H3;3*1,3-4H2,2H3;/t8-;;;;/m1..../s1. The Kier molecular flexibility index (Phi) is 13.7. The number of aliphatic hydroxyl groups excluding tert-OH is 1. The first-order valence-corrected chi connectivity index (χ1v) is 21.7. The van der Waals surface area contributed by atoms with Crippen molar-refractivity contribution in [2.24, 2.45) is 0 Å². The maximum atomic E-state index is 10.6. The number of aliphatic hydroxyl groups is 1. The van der Waals surface area contributed by atoms with Gasteiger partial charge in [0.05, 0.1) is 0 Å². The van der Waals surface area contributed by atoms with E-state index in [1.54, 1.807) is 20.4 Å². The second kappa shape index (κ2) is 13.2. The molecule has 0 aliphatic heterocycles. The number of ether oxygens (including phenoxy) is 1. The van der Waals surface area contributed by atoms with Crippen molar-refractivity contribution in [3.8, 4) is 0 Å². The molecule has 0 heterocycles. The van der Waals surface area contributed by atoms with Crippen molar-refractivity contribution in [1.82, 2.24) is 0 Å². The molecule has 0 radical (unpaired) electrons. The van der Waals surface area contributed by atoms with E-state index in [2.05, 4.69) is 40.4 Å². The van der Waals surface area contributed by atoms with Gasteiger partial charge in [-0.05, 0) is 0 Å². The maximum absolute atomic E-state index is 10.6. The first kappa shape index (κ1) is 24.9. The molecule has 0 fully saturated rings. The summed E-state index contributed by atoms with van der Waals surface area (Å²) in [4.78, 5) is 0. The third-order valence-electron chi connectivity index (χ3n) is 5.74. The fourth-order valence-electron chi connectivity index (χ4n) is 4.54. The van der Waals surface area contributed by atoms with Crippen molar-refractivity contribution in [2.75, 3.05) is 13.7 Å². The van der Waals surface area contributed by atoms with Gasteiger partial charge in [-0.3, -0.25) is 0 Å². The minimum atomic E-state index is -2.29. The molecule has 0 amide bonds. The third-order valence-corrected chi connectivity index (χ3v) is 36.0. The predicted molar refractivity (Wildman–Crippen MR) is 114 cm³/mol.